The van der Waals surface area contributed by atoms with E-state index in [1.165, 1.54) is 11.8 Å². The highest BCUT2D eigenvalue weighted by atomic mass is 32.2. The zero-order valence-corrected chi connectivity index (χ0v) is 10.4. The van der Waals surface area contributed by atoms with E-state index in [-0.39, 0.29) is 0 Å². The number of hydrogen-bond donors (Lipinski definition) is 0. The third-order valence-electron chi connectivity index (χ3n) is 2.11. The number of hydrogen-bond acceptors (Lipinski definition) is 5. The van der Waals surface area contributed by atoms with Crippen LogP contribution in [0.15, 0.2) is 40.9 Å². The Morgan fingerprint density at radius 3 is 3.12 bits per heavy atom. The van der Waals surface area contributed by atoms with Crippen LogP contribution in [0.2, 0.25) is 0 Å². The molecule has 1 aromatic carbocycles. The zero-order chi connectivity index (χ0) is 12.1. The quantitative estimate of drug-likeness (QED) is 0.612. The van der Waals surface area contributed by atoms with E-state index in [0.29, 0.717) is 0 Å². The molecule has 0 atom stereocenters. The van der Waals surface area contributed by atoms with Crippen molar-refractivity contribution in [1.29, 1.82) is 0 Å². The largest absolute Gasteiger partial charge is 0.497 e. The fourth-order valence-electron chi connectivity index (χ4n) is 1.28. The van der Waals surface area contributed by atoms with Gasteiger partial charge in [-0.1, -0.05) is 23.9 Å². The van der Waals surface area contributed by atoms with Gasteiger partial charge in [-0.15, -0.1) is 10.2 Å². The first kappa shape index (κ1) is 11.7. The first-order valence-corrected chi connectivity index (χ1v) is 6.18. The van der Waals surface area contributed by atoms with Gasteiger partial charge < -0.3 is 4.74 Å². The molecule has 2 aromatic rings. The molecule has 0 aliphatic carbocycles. The third kappa shape index (κ3) is 2.85. The van der Waals surface area contributed by atoms with Gasteiger partial charge in [0.05, 0.1) is 13.3 Å². The van der Waals surface area contributed by atoms with Crippen LogP contribution in [0.25, 0.3) is 0 Å². The second-order valence-electron chi connectivity index (χ2n) is 3.18. The standard InChI is InChI=1S/C11H12N4OS/c1-16-10-5-3-4-9(6-10)7-13-15-8-12-14-11(15)17-2/h3-8H,1-2H3/b13-7+. The molecule has 0 radical (unpaired) electrons. The molecule has 0 spiro atoms. The molecule has 0 saturated carbocycles. The molecule has 0 saturated heterocycles. The molecule has 88 valence electrons. The van der Waals surface area contributed by atoms with Gasteiger partial charge in [0, 0.05) is 0 Å². The summed E-state index contributed by atoms with van der Waals surface area (Å²) >= 11 is 1.50. The monoisotopic (exact) mass is 248 g/mol. The van der Waals surface area contributed by atoms with Crippen LogP contribution in [-0.2, 0) is 0 Å². The summed E-state index contributed by atoms with van der Waals surface area (Å²) in [6.45, 7) is 0. The summed E-state index contributed by atoms with van der Waals surface area (Å²) in [7, 11) is 1.64. The molecule has 0 fully saturated rings. The summed E-state index contributed by atoms with van der Waals surface area (Å²) in [5.41, 5.74) is 0.963. The lowest BCUT2D eigenvalue weighted by molar-refractivity contribution is 0.414. The first-order valence-electron chi connectivity index (χ1n) is 4.96. The number of aromatic nitrogens is 3. The van der Waals surface area contributed by atoms with Gasteiger partial charge in [-0.05, 0) is 24.0 Å². The Morgan fingerprint density at radius 1 is 1.47 bits per heavy atom. The van der Waals surface area contributed by atoms with E-state index in [1.807, 2.05) is 30.5 Å². The summed E-state index contributed by atoms with van der Waals surface area (Å²) in [6, 6.07) is 7.67. The van der Waals surface area contributed by atoms with Gasteiger partial charge in [-0.2, -0.15) is 9.78 Å². The van der Waals surface area contributed by atoms with E-state index in [4.69, 9.17) is 4.74 Å². The third-order valence-corrected chi connectivity index (χ3v) is 2.74. The molecule has 5 nitrogen and oxygen atoms in total. The summed E-state index contributed by atoms with van der Waals surface area (Å²) < 4.78 is 6.77. The van der Waals surface area contributed by atoms with E-state index in [1.54, 1.807) is 24.3 Å². The van der Waals surface area contributed by atoms with Gasteiger partial charge in [0.15, 0.2) is 0 Å². The smallest absolute Gasteiger partial charge is 0.211 e. The molecule has 0 aliphatic rings. The molecule has 1 aromatic heterocycles. The van der Waals surface area contributed by atoms with Crippen LogP contribution in [0, 0.1) is 0 Å². The van der Waals surface area contributed by atoms with Gasteiger partial charge >= 0.3 is 0 Å². The second-order valence-corrected chi connectivity index (χ2v) is 3.96. The topological polar surface area (TPSA) is 52.3 Å². The maximum Gasteiger partial charge on any atom is 0.211 e. The number of thioether (sulfide) groups is 1. The van der Waals surface area contributed by atoms with Crippen molar-refractivity contribution in [3.63, 3.8) is 0 Å². The normalized spacial score (nSPS) is 10.9. The Hall–Kier alpha value is -1.82. The lowest BCUT2D eigenvalue weighted by atomic mass is 10.2. The maximum atomic E-state index is 5.14. The van der Waals surface area contributed by atoms with E-state index < -0.39 is 0 Å². The molecule has 0 unspecified atom stereocenters. The maximum absolute atomic E-state index is 5.14. The van der Waals surface area contributed by atoms with Gasteiger partial charge in [0.25, 0.3) is 0 Å². The van der Waals surface area contributed by atoms with Crippen molar-refractivity contribution in [3.8, 4) is 5.75 Å². The zero-order valence-electron chi connectivity index (χ0n) is 9.57. The van der Waals surface area contributed by atoms with E-state index in [0.717, 1.165) is 16.5 Å². The lowest BCUT2D eigenvalue weighted by Gasteiger charge is -2.00. The van der Waals surface area contributed by atoms with Crippen LogP contribution < -0.4 is 4.74 Å². The van der Waals surface area contributed by atoms with Crippen molar-refractivity contribution in [2.24, 2.45) is 5.10 Å². The first-order chi connectivity index (χ1) is 8.33. The van der Waals surface area contributed by atoms with Crippen LogP contribution >= 0.6 is 11.8 Å². The molecule has 1 heterocycles. The Kier molecular flexibility index (Phi) is 3.77. The highest BCUT2D eigenvalue weighted by molar-refractivity contribution is 7.98. The molecule has 0 aliphatic heterocycles. The number of ether oxygens (including phenoxy) is 1. The Labute approximate surface area is 104 Å². The predicted octanol–water partition coefficient (Wildman–Crippen LogP) is 1.89. The number of benzene rings is 1. The molecule has 17 heavy (non-hydrogen) atoms. The van der Waals surface area contributed by atoms with Crippen LogP contribution in [0.5, 0.6) is 5.75 Å². The average molecular weight is 248 g/mol. The summed E-state index contributed by atoms with van der Waals surface area (Å²) in [5.74, 6) is 0.808. The minimum absolute atomic E-state index is 0.754. The number of methoxy groups -OCH3 is 1. The Bertz CT molecular complexity index is 524. The van der Waals surface area contributed by atoms with Crippen molar-refractivity contribution in [1.82, 2.24) is 14.9 Å². The minimum atomic E-state index is 0.754. The van der Waals surface area contributed by atoms with Crippen molar-refractivity contribution in [2.45, 2.75) is 5.16 Å². The van der Waals surface area contributed by atoms with Crippen molar-refractivity contribution < 1.29 is 4.74 Å². The SMILES string of the molecule is COc1cccc(/C=N/n2cnnc2SC)c1. The van der Waals surface area contributed by atoms with Crippen molar-refractivity contribution in [2.75, 3.05) is 13.4 Å². The molecule has 6 heteroatoms. The molecule has 0 N–H and O–H groups in total. The van der Waals surface area contributed by atoms with Gasteiger partial charge in [0.1, 0.15) is 12.1 Å². The molecule has 2 rings (SSSR count). The highest BCUT2D eigenvalue weighted by Gasteiger charge is 1.99. The molecular weight excluding hydrogens is 236 g/mol. The lowest BCUT2D eigenvalue weighted by Crippen LogP contribution is -1.92. The summed E-state index contributed by atoms with van der Waals surface area (Å²) in [5, 5.41) is 12.7. The Morgan fingerprint density at radius 2 is 2.35 bits per heavy atom. The molecule has 0 bridgehead atoms. The molecular formula is C11H12N4OS. The van der Waals surface area contributed by atoms with Crippen molar-refractivity contribution in [3.05, 3.63) is 36.2 Å². The average Bonchev–Trinajstić information content (AvgIpc) is 2.84. The summed E-state index contributed by atoms with van der Waals surface area (Å²) in [4.78, 5) is 0. The van der Waals surface area contributed by atoms with Crippen LogP contribution in [0.3, 0.4) is 0 Å². The summed E-state index contributed by atoms with van der Waals surface area (Å²) in [6.07, 6.45) is 5.25. The van der Waals surface area contributed by atoms with E-state index >= 15 is 0 Å². The second kappa shape index (κ2) is 5.49. The van der Waals surface area contributed by atoms with Crippen molar-refractivity contribution >= 4 is 18.0 Å². The highest BCUT2D eigenvalue weighted by Crippen LogP contribution is 2.12. The molecule has 0 amide bonds. The predicted molar refractivity (Wildman–Crippen MR) is 67.8 cm³/mol. The van der Waals surface area contributed by atoms with E-state index in [9.17, 15) is 0 Å². The fourth-order valence-corrected chi connectivity index (χ4v) is 1.69. The van der Waals surface area contributed by atoms with Gasteiger partial charge in [0.2, 0.25) is 5.16 Å². The van der Waals surface area contributed by atoms with Crippen LogP contribution in [-0.4, -0.2) is 34.5 Å². The van der Waals surface area contributed by atoms with E-state index in [2.05, 4.69) is 15.3 Å². The minimum Gasteiger partial charge on any atom is -0.497 e. The Balaban J connectivity index is 2.19. The van der Waals surface area contributed by atoms with Crippen LogP contribution in [0.4, 0.5) is 0 Å². The number of nitrogens with zero attached hydrogens (tertiary/aromatic N) is 4. The van der Waals surface area contributed by atoms with Gasteiger partial charge in [-0.3, -0.25) is 0 Å². The number of rotatable bonds is 4. The fraction of sp³-hybridized carbons (Fsp3) is 0.182. The van der Waals surface area contributed by atoms with Gasteiger partial charge in [-0.25, -0.2) is 0 Å². The van der Waals surface area contributed by atoms with Crippen LogP contribution in [0.1, 0.15) is 5.56 Å².